The van der Waals surface area contributed by atoms with Crippen LogP contribution < -0.4 is 0 Å². The Morgan fingerprint density at radius 3 is 2.50 bits per heavy atom. The van der Waals surface area contributed by atoms with Crippen molar-refractivity contribution in [1.29, 1.82) is 0 Å². The average Bonchev–Trinajstić information content (AvgIpc) is 2.82. The summed E-state index contributed by atoms with van der Waals surface area (Å²) in [6, 6.07) is 4.04. The molecule has 0 aromatic heterocycles. The van der Waals surface area contributed by atoms with Crippen LogP contribution in [0.3, 0.4) is 0 Å². The number of nitrogens with zero attached hydrogens (tertiary/aromatic N) is 1. The summed E-state index contributed by atoms with van der Waals surface area (Å²) in [6.07, 6.45) is 5.85. The number of ether oxygens (including phenoxy) is 3. The van der Waals surface area contributed by atoms with E-state index in [9.17, 15) is 14.9 Å². The molecule has 1 aliphatic carbocycles. The topological polar surface area (TPSA) is 87.9 Å². The van der Waals surface area contributed by atoms with Crippen LogP contribution in [0.2, 0.25) is 0 Å². The molecule has 0 spiro atoms. The van der Waals surface area contributed by atoms with Crippen LogP contribution in [0.5, 0.6) is 0 Å². The number of benzene rings is 1. The van der Waals surface area contributed by atoms with E-state index in [2.05, 4.69) is 0 Å². The highest BCUT2D eigenvalue weighted by Gasteiger charge is 2.22. The molecule has 0 fully saturated rings. The molecular formula is C17H17NO6. The van der Waals surface area contributed by atoms with Gasteiger partial charge in [-0.1, -0.05) is 0 Å². The lowest BCUT2D eigenvalue weighted by Crippen LogP contribution is -2.07. The maximum atomic E-state index is 12.1. The maximum Gasteiger partial charge on any atom is 0.338 e. The summed E-state index contributed by atoms with van der Waals surface area (Å²) in [5.74, 6) is 0.601. The SMILES string of the molecule is COC(=O)c1cc([N+](=O)[O-])ccc1C1=CC=C(OC)CC=C1OC. The van der Waals surface area contributed by atoms with Gasteiger partial charge in [0.2, 0.25) is 0 Å². The molecule has 24 heavy (non-hydrogen) atoms. The van der Waals surface area contributed by atoms with Crippen LogP contribution in [0.4, 0.5) is 5.69 Å². The first-order chi connectivity index (χ1) is 11.5. The number of nitro groups is 1. The first kappa shape index (κ1) is 17.3. The summed E-state index contributed by atoms with van der Waals surface area (Å²) in [5, 5.41) is 11.0. The zero-order chi connectivity index (χ0) is 17.7. The largest absolute Gasteiger partial charge is 0.501 e. The van der Waals surface area contributed by atoms with Crippen LogP contribution in [0.25, 0.3) is 5.57 Å². The van der Waals surface area contributed by atoms with E-state index in [-0.39, 0.29) is 11.3 Å². The third-order valence-corrected chi connectivity index (χ3v) is 3.58. The van der Waals surface area contributed by atoms with E-state index in [4.69, 9.17) is 14.2 Å². The van der Waals surface area contributed by atoms with Crippen LogP contribution in [0, 0.1) is 10.1 Å². The summed E-state index contributed by atoms with van der Waals surface area (Å²) in [4.78, 5) is 22.5. The standard InChI is InChI=1S/C17H17NO6/c1-22-12-5-8-14(16(23-2)9-6-12)13-7-4-11(18(20)21)10-15(13)17(19)24-3/h4-5,7-10H,6H2,1-3H3. The summed E-state index contributed by atoms with van der Waals surface area (Å²) in [6.45, 7) is 0. The van der Waals surface area contributed by atoms with Crippen molar-refractivity contribution in [2.75, 3.05) is 21.3 Å². The van der Waals surface area contributed by atoms with Crippen molar-refractivity contribution < 1.29 is 23.9 Å². The molecule has 2 rings (SSSR count). The van der Waals surface area contributed by atoms with Gasteiger partial charge in [0.05, 0.1) is 37.6 Å². The number of hydrogen-bond acceptors (Lipinski definition) is 6. The van der Waals surface area contributed by atoms with E-state index in [1.807, 2.05) is 6.08 Å². The van der Waals surface area contributed by atoms with Gasteiger partial charge in [0.25, 0.3) is 5.69 Å². The maximum absolute atomic E-state index is 12.1. The first-order valence-electron chi connectivity index (χ1n) is 7.08. The Balaban J connectivity index is 2.64. The first-order valence-corrected chi connectivity index (χ1v) is 7.08. The number of non-ortho nitro benzene ring substituents is 1. The zero-order valence-electron chi connectivity index (χ0n) is 13.6. The molecular weight excluding hydrogens is 314 g/mol. The third-order valence-electron chi connectivity index (χ3n) is 3.58. The third kappa shape index (κ3) is 3.45. The molecule has 1 aromatic carbocycles. The number of esters is 1. The van der Waals surface area contributed by atoms with E-state index >= 15 is 0 Å². The van der Waals surface area contributed by atoms with Crippen molar-refractivity contribution in [1.82, 2.24) is 0 Å². The van der Waals surface area contributed by atoms with Crippen LogP contribution >= 0.6 is 0 Å². The molecule has 0 saturated carbocycles. The molecule has 0 aliphatic heterocycles. The lowest BCUT2D eigenvalue weighted by atomic mass is 9.97. The number of allylic oxidation sites excluding steroid dienone is 4. The fourth-order valence-corrected chi connectivity index (χ4v) is 2.36. The average molecular weight is 331 g/mol. The quantitative estimate of drug-likeness (QED) is 0.467. The second-order valence-electron chi connectivity index (χ2n) is 4.87. The lowest BCUT2D eigenvalue weighted by molar-refractivity contribution is -0.384. The number of nitro benzene ring substituents is 1. The molecule has 0 heterocycles. The minimum Gasteiger partial charge on any atom is -0.501 e. The Morgan fingerprint density at radius 1 is 1.17 bits per heavy atom. The highest BCUT2D eigenvalue weighted by atomic mass is 16.6. The zero-order valence-corrected chi connectivity index (χ0v) is 13.6. The van der Waals surface area contributed by atoms with Gasteiger partial charge < -0.3 is 14.2 Å². The molecule has 0 bridgehead atoms. The van der Waals surface area contributed by atoms with Crippen LogP contribution in [0.15, 0.2) is 47.9 Å². The summed E-state index contributed by atoms with van der Waals surface area (Å²) >= 11 is 0. The number of carbonyl (C=O) groups excluding carboxylic acids is 1. The molecule has 0 atom stereocenters. The number of carbonyl (C=O) groups is 1. The Labute approximate surface area is 139 Å². The molecule has 0 N–H and O–H groups in total. The Kier molecular flexibility index (Phi) is 5.36. The van der Waals surface area contributed by atoms with Gasteiger partial charge in [-0.05, 0) is 24.3 Å². The minimum absolute atomic E-state index is 0.0927. The molecule has 7 heteroatoms. The monoisotopic (exact) mass is 331 g/mol. The predicted octanol–water partition coefficient (Wildman–Crippen LogP) is 3.23. The van der Waals surface area contributed by atoms with Crippen LogP contribution in [-0.4, -0.2) is 32.2 Å². The van der Waals surface area contributed by atoms with Crippen LogP contribution in [0.1, 0.15) is 22.3 Å². The van der Waals surface area contributed by atoms with Gasteiger partial charge >= 0.3 is 5.97 Å². The van der Waals surface area contributed by atoms with Gasteiger partial charge in [-0.15, -0.1) is 0 Å². The number of rotatable bonds is 5. The van der Waals surface area contributed by atoms with Crippen molar-refractivity contribution in [3.63, 3.8) is 0 Å². The Hall–Kier alpha value is -3.09. The number of hydrogen-bond donors (Lipinski definition) is 0. The molecule has 1 aromatic rings. The second kappa shape index (κ2) is 7.45. The fourth-order valence-electron chi connectivity index (χ4n) is 2.36. The fraction of sp³-hybridized carbons (Fsp3) is 0.235. The highest BCUT2D eigenvalue weighted by molar-refractivity contribution is 5.98. The molecule has 0 saturated heterocycles. The Bertz CT molecular complexity index is 760. The predicted molar refractivity (Wildman–Crippen MR) is 87.2 cm³/mol. The van der Waals surface area contributed by atoms with Crippen molar-refractivity contribution in [3.05, 3.63) is 69.2 Å². The molecule has 0 amide bonds. The van der Waals surface area contributed by atoms with Crippen molar-refractivity contribution in [2.45, 2.75) is 6.42 Å². The smallest absolute Gasteiger partial charge is 0.338 e. The highest BCUT2D eigenvalue weighted by Crippen LogP contribution is 2.32. The van der Waals surface area contributed by atoms with Crippen molar-refractivity contribution >= 4 is 17.2 Å². The van der Waals surface area contributed by atoms with Crippen molar-refractivity contribution in [3.8, 4) is 0 Å². The van der Waals surface area contributed by atoms with Gasteiger partial charge in [0.15, 0.2) is 0 Å². The summed E-state index contributed by atoms with van der Waals surface area (Å²) in [5.41, 5.74) is 0.994. The normalized spacial score (nSPS) is 13.9. The van der Waals surface area contributed by atoms with Crippen LogP contribution in [-0.2, 0) is 14.2 Å². The molecule has 0 radical (unpaired) electrons. The molecule has 0 unspecified atom stereocenters. The number of methoxy groups -OCH3 is 3. The second-order valence-corrected chi connectivity index (χ2v) is 4.87. The lowest BCUT2D eigenvalue weighted by Gasteiger charge is -2.13. The molecule has 1 aliphatic rings. The molecule has 126 valence electrons. The Morgan fingerprint density at radius 2 is 1.92 bits per heavy atom. The van der Waals surface area contributed by atoms with Gasteiger partial charge in [0, 0.05) is 29.7 Å². The van der Waals surface area contributed by atoms with Gasteiger partial charge in [-0.3, -0.25) is 10.1 Å². The van der Waals surface area contributed by atoms with Gasteiger partial charge in [-0.2, -0.15) is 0 Å². The van der Waals surface area contributed by atoms with Gasteiger partial charge in [-0.25, -0.2) is 4.79 Å². The van der Waals surface area contributed by atoms with E-state index in [1.54, 1.807) is 19.3 Å². The minimum atomic E-state index is -0.662. The van der Waals surface area contributed by atoms with Crippen molar-refractivity contribution in [2.24, 2.45) is 0 Å². The molecule has 7 nitrogen and oxygen atoms in total. The summed E-state index contributed by atoms with van der Waals surface area (Å²) in [7, 11) is 4.31. The van der Waals surface area contributed by atoms with Gasteiger partial charge in [0.1, 0.15) is 5.76 Å². The summed E-state index contributed by atoms with van der Waals surface area (Å²) < 4.78 is 15.4. The van der Waals surface area contributed by atoms with E-state index < -0.39 is 10.9 Å². The van der Waals surface area contributed by atoms with E-state index in [0.29, 0.717) is 23.3 Å². The van der Waals surface area contributed by atoms with E-state index in [0.717, 1.165) is 5.76 Å². The van der Waals surface area contributed by atoms with E-state index in [1.165, 1.54) is 32.4 Å².